The SMILES string of the molecule is NC(=S)c1ncn(CC(=O)Nc2cccc(Br)c2)n1. The number of hydrogen-bond donors (Lipinski definition) is 2. The number of nitrogens with one attached hydrogen (secondary N) is 1. The maximum absolute atomic E-state index is 11.8. The fourth-order valence-corrected chi connectivity index (χ4v) is 1.89. The first kappa shape index (κ1) is 13.6. The molecule has 1 aromatic heterocycles. The molecule has 8 heteroatoms. The van der Waals surface area contributed by atoms with Gasteiger partial charge in [-0.15, -0.1) is 5.10 Å². The molecule has 0 bridgehead atoms. The van der Waals surface area contributed by atoms with E-state index in [0.717, 1.165) is 4.47 Å². The lowest BCUT2D eigenvalue weighted by molar-refractivity contribution is -0.116. The second-order valence-corrected chi connectivity index (χ2v) is 5.04. The third kappa shape index (κ3) is 3.83. The van der Waals surface area contributed by atoms with Crippen LogP contribution in [0.25, 0.3) is 0 Å². The van der Waals surface area contributed by atoms with Crippen molar-refractivity contribution in [3.05, 3.63) is 40.9 Å². The van der Waals surface area contributed by atoms with E-state index >= 15 is 0 Å². The average molecular weight is 340 g/mol. The summed E-state index contributed by atoms with van der Waals surface area (Å²) in [4.78, 5) is 15.8. The Morgan fingerprint density at radius 2 is 2.32 bits per heavy atom. The van der Waals surface area contributed by atoms with Crippen LogP contribution in [0.5, 0.6) is 0 Å². The van der Waals surface area contributed by atoms with Gasteiger partial charge in [0.2, 0.25) is 11.7 Å². The van der Waals surface area contributed by atoms with Gasteiger partial charge in [-0.25, -0.2) is 9.67 Å². The number of anilines is 1. The Morgan fingerprint density at radius 3 is 2.95 bits per heavy atom. The Kier molecular flexibility index (Phi) is 4.23. The molecule has 19 heavy (non-hydrogen) atoms. The Hall–Kier alpha value is -1.80. The molecule has 0 fully saturated rings. The highest BCUT2D eigenvalue weighted by atomic mass is 79.9. The lowest BCUT2D eigenvalue weighted by atomic mass is 10.3. The van der Waals surface area contributed by atoms with Crippen LogP contribution in [0.4, 0.5) is 5.69 Å². The van der Waals surface area contributed by atoms with Crippen molar-refractivity contribution in [3.63, 3.8) is 0 Å². The van der Waals surface area contributed by atoms with E-state index in [4.69, 9.17) is 18.0 Å². The quantitative estimate of drug-likeness (QED) is 0.820. The van der Waals surface area contributed by atoms with Crippen molar-refractivity contribution >= 4 is 44.7 Å². The average Bonchev–Trinajstić information content (AvgIpc) is 2.77. The van der Waals surface area contributed by atoms with E-state index in [1.165, 1.54) is 11.0 Å². The van der Waals surface area contributed by atoms with E-state index in [0.29, 0.717) is 5.69 Å². The summed E-state index contributed by atoms with van der Waals surface area (Å²) in [6.45, 7) is 0.0438. The minimum absolute atomic E-state index is 0.0438. The summed E-state index contributed by atoms with van der Waals surface area (Å²) in [5, 5.41) is 6.73. The largest absolute Gasteiger partial charge is 0.387 e. The van der Waals surface area contributed by atoms with Crippen LogP contribution in [0.3, 0.4) is 0 Å². The van der Waals surface area contributed by atoms with Crippen LogP contribution in [0.15, 0.2) is 35.1 Å². The summed E-state index contributed by atoms with van der Waals surface area (Å²) in [5.41, 5.74) is 6.09. The van der Waals surface area contributed by atoms with Gasteiger partial charge in [-0.05, 0) is 18.2 Å². The molecule has 1 heterocycles. The van der Waals surface area contributed by atoms with Crippen LogP contribution in [-0.4, -0.2) is 25.7 Å². The number of nitrogens with zero attached hydrogens (tertiary/aromatic N) is 3. The van der Waals surface area contributed by atoms with Gasteiger partial charge in [0, 0.05) is 10.2 Å². The van der Waals surface area contributed by atoms with Gasteiger partial charge in [0.15, 0.2) is 0 Å². The van der Waals surface area contributed by atoms with E-state index in [1.807, 2.05) is 12.1 Å². The Labute approximate surface area is 123 Å². The maximum atomic E-state index is 11.8. The van der Waals surface area contributed by atoms with E-state index in [9.17, 15) is 4.79 Å². The molecule has 3 N–H and O–H groups in total. The third-order valence-electron chi connectivity index (χ3n) is 2.17. The molecule has 0 atom stereocenters. The number of carbonyl (C=O) groups is 1. The van der Waals surface area contributed by atoms with Gasteiger partial charge >= 0.3 is 0 Å². The van der Waals surface area contributed by atoms with Gasteiger partial charge in [-0.2, -0.15) is 0 Å². The number of benzene rings is 1. The van der Waals surface area contributed by atoms with Crippen molar-refractivity contribution in [3.8, 4) is 0 Å². The van der Waals surface area contributed by atoms with Gasteiger partial charge in [-0.3, -0.25) is 4.79 Å². The molecule has 0 aliphatic heterocycles. The van der Waals surface area contributed by atoms with Crippen LogP contribution in [0.2, 0.25) is 0 Å². The first-order chi connectivity index (χ1) is 9.04. The summed E-state index contributed by atoms with van der Waals surface area (Å²) in [6.07, 6.45) is 1.41. The van der Waals surface area contributed by atoms with E-state index in [2.05, 4.69) is 31.3 Å². The predicted octanol–water partition coefficient (Wildman–Crippen LogP) is 1.31. The van der Waals surface area contributed by atoms with E-state index in [1.54, 1.807) is 12.1 Å². The lowest BCUT2D eigenvalue weighted by Crippen LogP contribution is -2.20. The molecule has 0 spiro atoms. The van der Waals surface area contributed by atoms with Crippen molar-refractivity contribution in [1.82, 2.24) is 14.8 Å². The second-order valence-electron chi connectivity index (χ2n) is 3.69. The summed E-state index contributed by atoms with van der Waals surface area (Å²) in [6, 6.07) is 7.31. The Bertz CT molecular complexity index is 627. The number of aromatic nitrogens is 3. The standard InChI is InChI=1S/C11H10BrN5OS/c12-7-2-1-3-8(4-7)15-9(18)5-17-6-14-11(16-17)10(13)19/h1-4,6H,5H2,(H2,13,19)(H,15,18). The number of amides is 1. The molecule has 0 saturated carbocycles. The highest BCUT2D eigenvalue weighted by Gasteiger charge is 2.07. The third-order valence-corrected chi connectivity index (χ3v) is 2.85. The Balaban J connectivity index is 1.99. The normalized spacial score (nSPS) is 10.2. The number of hydrogen-bond acceptors (Lipinski definition) is 4. The topological polar surface area (TPSA) is 85.8 Å². The fraction of sp³-hybridized carbons (Fsp3) is 0.0909. The summed E-state index contributed by atoms with van der Waals surface area (Å²) < 4.78 is 2.27. The van der Waals surface area contributed by atoms with Gasteiger partial charge in [0.1, 0.15) is 17.9 Å². The molecule has 2 aromatic rings. The number of carbonyl (C=O) groups excluding carboxylic acids is 1. The summed E-state index contributed by atoms with van der Waals surface area (Å²) in [5.74, 6) is 0.0442. The van der Waals surface area contributed by atoms with Crippen LogP contribution in [-0.2, 0) is 11.3 Å². The molecule has 98 valence electrons. The molecule has 0 aliphatic carbocycles. The zero-order valence-electron chi connectivity index (χ0n) is 9.71. The molecule has 1 amide bonds. The summed E-state index contributed by atoms with van der Waals surface area (Å²) >= 11 is 8.07. The highest BCUT2D eigenvalue weighted by molar-refractivity contribution is 9.10. The zero-order chi connectivity index (χ0) is 13.8. The number of rotatable bonds is 4. The molecule has 0 aliphatic rings. The van der Waals surface area contributed by atoms with Gasteiger partial charge < -0.3 is 11.1 Å². The van der Waals surface area contributed by atoms with Gasteiger partial charge in [0.05, 0.1) is 0 Å². The minimum Gasteiger partial charge on any atom is -0.387 e. The number of thiocarbonyl (C=S) groups is 1. The van der Waals surface area contributed by atoms with Crippen molar-refractivity contribution < 1.29 is 4.79 Å². The zero-order valence-corrected chi connectivity index (χ0v) is 12.1. The molecule has 1 aromatic carbocycles. The molecule has 6 nitrogen and oxygen atoms in total. The second kappa shape index (κ2) is 5.89. The van der Waals surface area contributed by atoms with Gasteiger partial charge in [-0.1, -0.05) is 34.2 Å². The van der Waals surface area contributed by atoms with Crippen molar-refractivity contribution in [2.45, 2.75) is 6.54 Å². The van der Waals surface area contributed by atoms with Crippen LogP contribution in [0, 0.1) is 0 Å². The highest BCUT2D eigenvalue weighted by Crippen LogP contribution is 2.15. The van der Waals surface area contributed by atoms with Crippen molar-refractivity contribution in [2.75, 3.05) is 5.32 Å². The molecular weight excluding hydrogens is 330 g/mol. The lowest BCUT2D eigenvalue weighted by Gasteiger charge is -2.05. The number of nitrogens with two attached hydrogens (primary N) is 1. The maximum Gasteiger partial charge on any atom is 0.246 e. The molecule has 0 saturated heterocycles. The molecule has 2 rings (SSSR count). The summed E-state index contributed by atoms with van der Waals surface area (Å²) in [7, 11) is 0. The van der Waals surface area contributed by atoms with Gasteiger partial charge in [0.25, 0.3) is 0 Å². The molecule has 0 unspecified atom stereocenters. The van der Waals surface area contributed by atoms with E-state index in [-0.39, 0.29) is 23.3 Å². The molecular formula is C11H10BrN5OS. The van der Waals surface area contributed by atoms with Crippen molar-refractivity contribution in [2.24, 2.45) is 5.73 Å². The van der Waals surface area contributed by atoms with Crippen LogP contribution < -0.4 is 11.1 Å². The predicted molar refractivity (Wildman–Crippen MR) is 78.7 cm³/mol. The fourth-order valence-electron chi connectivity index (χ4n) is 1.40. The monoisotopic (exact) mass is 339 g/mol. The minimum atomic E-state index is -0.211. The van der Waals surface area contributed by atoms with Crippen molar-refractivity contribution in [1.29, 1.82) is 0 Å². The van der Waals surface area contributed by atoms with E-state index < -0.39 is 0 Å². The number of halogens is 1. The van der Waals surface area contributed by atoms with Crippen LogP contribution in [0.1, 0.15) is 5.82 Å². The smallest absolute Gasteiger partial charge is 0.246 e. The van der Waals surface area contributed by atoms with Crippen LogP contribution >= 0.6 is 28.1 Å². The molecule has 0 radical (unpaired) electrons. The first-order valence-electron chi connectivity index (χ1n) is 5.29. The first-order valence-corrected chi connectivity index (χ1v) is 6.49. The Morgan fingerprint density at radius 1 is 1.53 bits per heavy atom.